The van der Waals surface area contributed by atoms with Gasteiger partial charge in [-0.1, -0.05) is 40.2 Å². The number of ether oxygens (including phenoxy) is 1. The van der Waals surface area contributed by atoms with E-state index in [2.05, 4.69) is 52.3 Å². The Labute approximate surface area is 149 Å². The number of aliphatic carboxylic acids is 1. The summed E-state index contributed by atoms with van der Waals surface area (Å²) in [6, 6.07) is 12.8. The zero-order valence-corrected chi connectivity index (χ0v) is 14.9. The van der Waals surface area contributed by atoms with Crippen molar-refractivity contribution in [2.24, 2.45) is 0 Å². The second kappa shape index (κ2) is 6.25. The number of hydrogen-bond donors (Lipinski definition) is 1. The Morgan fingerprint density at radius 2 is 2.08 bits per heavy atom. The van der Waals surface area contributed by atoms with Crippen molar-refractivity contribution in [1.29, 1.82) is 0 Å². The smallest absolute Gasteiger partial charge is 0.304 e. The van der Waals surface area contributed by atoms with Gasteiger partial charge in [0.05, 0.1) is 13.0 Å². The highest BCUT2D eigenvalue weighted by Crippen LogP contribution is 2.41. The summed E-state index contributed by atoms with van der Waals surface area (Å²) in [6.45, 7) is 0.476. The Balaban J connectivity index is 1.54. The summed E-state index contributed by atoms with van der Waals surface area (Å²) in [7, 11) is 0. The van der Waals surface area contributed by atoms with E-state index in [1.54, 1.807) is 0 Å². The summed E-state index contributed by atoms with van der Waals surface area (Å²) in [5, 5.41) is 9.00. The highest BCUT2D eigenvalue weighted by molar-refractivity contribution is 9.10. The SMILES string of the molecule is O=C(O)C[C@@H]1COc2cc(CC3CCc4c(Br)cccc43)ccc21. The van der Waals surface area contributed by atoms with Crippen molar-refractivity contribution in [1.82, 2.24) is 0 Å². The maximum absolute atomic E-state index is 10.9. The molecule has 4 heteroatoms. The van der Waals surface area contributed by atoms with Crippen molar-refractivity contribution < 1.29 is 14.6 Å². The summed E-state index contributed by atoms with van der Waals surface area (Å²) in [6.07, 6.45) is 3.45. The molecule has 3 nitrogen and oxygen atoms in total. The molecule has 2 aromatic carbocycles. The predicted octanol–water partition coefficient (Wildman–Crippen LogP) is 4.67. The highest BCUT2D eigenvalue weighted by Gasteiger charge is 2.28. The minimum atomic E-state index is -0.770. The Morgan fingerprint density at radius 3 is 2.92 bits per heavy atom. The third kappa shape index (κ3) is 2.84. The van der Waals surface area contributed by atoms with Crippen LogP contribution in [0.4, 0.5) is 0 Å². The van der Waals surface area contributed by atoms with Crippen LogP contribution in [0.3, 0.4) is 0 Å². The van der Waals surface area contributed by atoms with Crippen molar-refractivity contribution in [3.8, 4) is 5.75 Å². The van der Waals surface area contributed by atoms with Gasteiger partial charge in [0.25, 0.3) is 0 Å². The fourth-order valence-corrected chi connectivity index (χ4v) is 4.60. The predicted molar refractivity (Wildman–Crippen MR) is 95.8 cm³/mol. The number of carbonyl (C=O) groups is 1. The van der Waals surface area contributed by atoms with Crippen molar-refractivity contribution in [3.05, 3.63) is 63.1 Å². The zero-order chi connectivity index (χ0) is 16.7. The molecule has 0 aromatic heterocycles. The molecule has 2 aliphatic rings. The number of hydrogen-bond acceptors (Lipinski definition) is 2. The molecule has 1 N–H and O–H groups in total. The summed E-state index contributed by atoms with van der Waals surface area (Å²) in [4.78, 5) is 10.9. The first-order valence-corrected chi connectivity index (χ1v) is 9.16. The Bertz CT molecular complexity index is 799. The van der Waals surface area contributed by atoms with E-state index in [0.29, 0.717) is 12.5 Å². The van der Waals surface area contributed by atoms with Crippen LogP contribution in [-0.2, 0) is 17.6 Å². The fraction of sp³-hybridized carbons (Fsp3) is 0.350. The Hall–Kier alpha value is -1.81. The summed E-state index contributed by atoms with van der Waals surface area (Å²) >= 11 is 3.66. The van der Waals surface area contributed by atoms with Gasteiger partial charge in [-0.05, 0) is 54.0 Å². The molecular formula is C20H19BrO3. The third-order valence-corrected chi connectivity index (χ3v) is 5.94. The van der Waals surface area contributed by atoms with E-state index >= 15 is 0 Å². The molecule has 2 aromatic rings. The van der Waals surface area contributed by atoms with E-state index in [1.165, 1.54) is 27.6 Å². The normalized spacial score (nSPS) is 21.2. The maximum atomic E-state index is 10.9. The molecule has 0 bridgehead atoms. The highest BCUT2D eigenvalue weighted by atomic mass is 79.9. The molecule has 24 heavy (non-hydrogen) atoms. The third-order valence-electron chi connectivity index (χ3n) is 5.20. The average molecular weight is 387 g/mol. The monoisotopic (exact) mass is 386 g/mol. The van der Waals surface area contributed by atoms with Gasteiger partial charge in [0.15, 0.2) is 0 Å². The number of rotatable bonds is 4. The van der Waals surface area contributed by atoms with E-state index in [0.717, 1.165) is 24.2 Å². The van der Waals surface area contributed by atoms with Crippen LogP contribution in [0.15, 0.2) is 40.9 Å². The van der Waals surface area contributed by atoms with Crippen molar-refractivity contribution in [3.63, 3.8) is 0 Å². The second-order valence-corrected chi connectivity index (χ2v) is 7.58. The Kier molecular flexibility index (Phi) is 4.09. The summed E-state index contributed by atoms with van der Waals surface area (Å²) in [5.41, 5.74) is 5.20. The molecule has 2 atom stereocenters. The topological polar surface area (TPSA) is 46.5 Å². The zero-order valence-electron chi connectivity index (χ0n) is 13.3. The summed E-state index contributed by atoms with van der Waals surface area (Å²) in [5.74, 6) is 0.626. The van der Waals surface area contributed by atoms with Crippen LogP contribution < -0.4 is 4.74 Å². The first-order chi connectivity index (χ1) is 11.6. The van der Waals surface area contributed by atoms with Gasteiger partial charge < -0.3 is 9.84 Å². The van der Waals surface area contributed by atoms with E-state index in [4.69, 9.17) is 9.84 Å². The summed E-state index contributed by atoms with van der Waals surface area (Å²) < 4.78 is 6.95. The lowest BCUT2D eigenvalue weighted by molar-refractivity contribution is -0.137. The van der Waals surface area contributed by atoms with Crippen molar-refractivity contribution in [2.75, 3.05) is 6.61 Å². The number of halogens is 1. The Morgan fingerprint density at radius 1 is 1.21 bits per heavy atom. The molecule has 0 radical (unpaired) electrons. The molecule has 1 heterocycles. The van der Waals surface area contributed by atoms with Gasteiger partial charge in [-0.15, -0.1) is 0 Å². The fourth-order valence-electron chi connectivity index (χ4n) is 4.02. The van der Waals surface area contributed by atoms with Crippen LogP contribution in [-0.4, -0.2) is 17.7 Å². The van der Waals surface area contributed by atoms with Crippen LogP contribution in [0.1, 0.15) is 46.9 Å². The van der Waals surface area contributed by atoms with Gasteiger partial charge in [0, 0.05) is 16.0 Å². The first-order valence-electron chi connectivity index (χ1n) is 8.36. The minimum absolute atomic E-state index is 0.0188. The molecule has 0 fully saturated rings. The second-order valence-electron chi connectivity index (χ2n) is 6.73. The average Bonchev–Trinajstić information content (AvgIpc) is 3.13. The minimum Gasteiger partial charge on any atom is -0.493 e. The van der Waals surface area contributed by atoms with Crippen LogP contribution in [0.25, 0.3) is 0 Å². The molecule has 1 aliphatic heterocycles. The van der Waals surface area contributed by atoms with Gasteiger partial charge >= 0.3 is 5.97 Å². The molecule has 4 rings (SSSR count). The molecule has 0 saturated carbocycles. The standard InChI is InChI=1S/C20H19BrO3/c21-18-3-1-2-15-13(5-7-17(15)18)8-12-4-6-16-14(10-20(22)23)11-24-19(16)9-12/h1-4,6,9,13-14H,5,7-8,10-11H2,(H,22,23)/t13?,14-/m1/s1. The molecule has 1 unspecified atom stereocenters. The van der Waals surface area contributed by atoms with Gasteiger partial charge in [-0.2, -0.15) is 0 Å². The van der Waals surface area contributed by atoms with Crippen LogP contribution in [0.5, 0.6) is 5.75 Å². The molecule has 0 amide bonds. The molecular weight excluding hydrogens is 368 g/mol. The maximum Gasteiger partial charge on any atom is 0.304 e. The molecule has 1 aliphatic carbocycles. The lowest BCUT2D eigenvalue weighted by Crippen LogP contribution is -2.07. The molecule has 0 saturated heterocycles. The van der Waals surface area contributed by atoms with E-state index in [1.807, 2.05) is 0 Å². The van der Waals surface area contributed by atoms with E-state index < -0.39 is 5.97 Å². The van der Waals surface area contributed by atoms with Gasteiger partial charge in [-0.3, -0.25) is 4.79 Å². The number of benzene rings is 2. The van der Waals surface area contributed by atoms with Crippen molar-refractivity contribution >= 4 is 21.9 Å². The molecule has 124 valence electrons. The van der Waals surface area contributed by atoms with Crippen LogP contribution in [0.2, 0.25) is 0 Å². The van der Waals surface area contributed by atoms with E-state index in [-0.39, 0.29) is 12.3 Å². The van der Waals surface area contributed by atoms with Gasteiger partial charge in [-0.25, -0.2) is 0 Å². The number of carboxylic acid groups (broad SMARTS) is 1. The number of fused-ring (bicyclic) bond motifs is 2. The quantitative estimate of drug-likeness (QED) is 0.829. The van der Waals surface area contributed by atoms with Crippen LogP contribution in [0, 0.1) is 0 Å². The number of carboxylic acids is 1. The molecule has 0 spiro atoms. The first kappa shape index (κ1) is 15.7. The lowest BCUT2D eigenvalue weighted by atomic mass is 9.91. The van der Waals surface area contributed by atoms with Gasteiger partial charge in [0.2, 0.25) is 0 Å². The largest absolute Gasteiger partial charge is 0.493 e. The van der Waals surface area contributed by atoms with E-state index in [9.17, 15) is 4.79 Å². The van der Waals surface area contributed by atoms with Gasteiger partial charge in [0.1, 0.15) is 5.75 Å². The van der Waals surface area contributed by atoms with Crippen molar-refractivity contribution in [2.45, 2.75) is 37.5 Å². The van der Waals surface area contributed by atoms with Crippen LogP contribution >= 0.6 is 15.9 Å². The lowest BCUT2D eigenvalue weighted by Gasteiger charge is -2.13.